The van der Waals surface area contributed by atoms with Crippen molar-refractivity contribution in [1.82, 2.24) is 19.3 Å². The quantitative estimate of drug-likeness (QED) is 0.133. The highest BCUT2D eigenvalue weighted by Gasteiger charge is 2.30. The van der Waals surface area contributed by atoms with Gasteiger partial charge in [-0.25, -0.2) is 17.9 Å². The summed E-state index contributed by atoms with van der Waals surface area (Å²) in [5.41, 5.74) is 2.66. The van der Waals surface area contributed by atoms with Crippen LogP contribution in [0.5, 0.6) is 0 Å². The molecule has 0 aliphatic carbocycles. The van der Waals surface area contributed by atoms with Crippen molar-refractivity contribution in [2.75, 3.05) is 0 Å². The van der Waals surface area contributed by atoms with Gasteiger partial charge in [0.05, 0.1) is 16.0 Å². The Morgan fingerprint density at radius 3 is 2.28 bits per heavy atom. The van der Waals surface area contributed by atoms with Gasteiger partial charge in [0.2, 0.25) is 15.1 Å². The van der Waals surface area contributed by atoms with Crippen LogP contribution in [-0.4, -0.2) is 33.8 Å². The number of sulfonamides is 1. The lowest BCUT2D eigenvalue weighted by Crippen LogP contribution is -2.36. The Balaban J connectivity index is 1.32. The number of hydrogen-bond donors (Lipinski definition) is 1. The molecule has 4 heterocycles. The zero-order valence-corrected chi connectivity index (χ0v) is 23.7. The molecule has 0 bridgehead atoms. The number of ketones is 1. The van der Waals surface area contributed by atoms with Gasteiger partial charge in [-0.15, -0.1) is 27.8 Å². The predicted octanol–water partition coefficient (Wildman–Crippen LogP) is 6.39. The van der Waals surface area contributed by atoms with Gasteiger partial charge < -0.3 is 0 Å². The number of nitrogens with zero attached hydrogens (tertiary/aromatic N) is 3. The normalized spacial score (nSPS) is 13.2. The van der Waals surface area contributed by atoms with Crippen LogP contribution in [0.15, 0.2) is 59.1 Å². The van der Waals surface area contributed by atoms with Crippen molar-refractivity contribution in [3.05, 3.63) is 70.7 Å². The second kappa shape index (κ2) is 8.82. The van der Waals surface area contributed by atoms with Crippen molar-refractivity contribution in [3.63, 3.8) is 0 Å². The number of rotatable bonds is 6. The van der Waals surface area contributed by atoms with Gasteiger partial charge in [0.25, 0.3) is 10.0 Å². The molecular formula is C24H17BrN4O3S4. The first-order chi connectivity index (χ1) is 17.2. The largest absolute Gasteiger partial charge is 0.290 e. The summed E-state index contributed by atoms with van der Waals surface area (Å²) in [6.45, 7) is 3.91. The van der Waals surface area contributed by atoms with E-state index >= 15 is 0 Å². The van der Waals surface area contributed by atoms with Gasteiger partial charge in [-0.05, 0) is 47.9 Å². The fraction of sp³-hybridized carbons (Fsp3) is 0.125. The number of nitrogens with one attached hydrogen (secondary N) is 1. The molecule has 0 saturated carbocycles. The highest BCUT2D eigenvalue weighted by Crippen LogP contribution is 2.39. The Hall–Kier alpha value is -2.48. The molecule has 6 aromatic rings. The Morgan fingerprint density at radius 2 is 1.61 bits per heavy atom. The second-order valence-electron chi connectivity index (χ2n) is 8.16. The fourth-order valence-corrected chi connectivity index (χ4v) is 9.71. The van der Waals surface area contributed by atoms with Crippen LogP contribution in [0, 0.1) is 13.8 Å². The van der Waals surface area contributed by atoms with E-state index in [1.807, 2.05) is 50.2 Å². The number of alkyl halides is 1. The molecule has 6 rings (SSSR count). The Bertz CT molecular complexity index is 1920. The van der Waals surface area contributed by atoms with Gasteiger partial charge in [-0.2, -0.15) is 4.72 Å². The topological polar surface area (TPSA) is 93.4 Å². The molecule has 12 heteroatoms. The molecule has 0 aliphatic heterocycles. The maximum absolute atomic E-state index is 13.2. The summed E-state index contributed by atoms with van der Waals surface area (Å²) in [6.07, 6.45) is 1.71. The molecule has 0 aliphatic rings. The summed E-state index contributed by atoms with van der Waals surface area (Å²) in [5.74, 6) is -0.347. The number of fused-ring (bicyclic) bond motifs is 3. The van der Waals surface area contributed by atoms with Crippen LogP contribution in [0.1, 0.15) is 20.8 Å². The SMILES string of the molecule is Cc1c(C(=O)C(Br)NS(=O)(=O)c2nn3c(-c4sc5ccccc5c4C)cnc3s2)sc2ccccc12. The molecular weight excluding hydrogens is 600 g/mol. The minimum atomic E-state index is -4.08. The van der Waals surface area contributed by atoms with E-state index in [1.54, 1.807) is 22.0 Å². The molecule has 182 valence electrons. The number of aryl methyl sites for hydroxylation is 2. The maximum Gasteiger partial charge on any atom is 0.271 e. The first kappa shape index (κ1) is 23.9. The monoisotopic (exact) mass is 616 g/mol. The first-order valence-electron chi connectivity index (χ1n) is 10.8. The average molecular weight is 618 g/mol. The standard InChI is InChI=1S/C24H17BrN4O3S4/c1-12-14-7-3-5-9-17(14)33-20(12)16-11-26-23-29(16)27-24(35-23)36(31,32)28-22(25)19(30)21-13(2)15-8-4-6-10-18(15)34-21/h3-11,22,28H,1-2H3. The number of hydrogen-bond acceptors (Lipinski definition) is 8. The van der Waals surface area contributed by atoms with Crippen molar-refractivity contribution in [2.45, 2.75) is 23.1 Å². The molecule has 2 aromatic carbocycles. The summed E-state index contributed by atoms with van der Waals surface area (Å²) in [7, 11) is -4.08. The third-order valence-electron chi connectivity index (χ3n) is 5.93. The number of aromatic nitrogens is 3. The number of thiophene rings is 2. The highest BCUT2D eigenvalue weighted by atomic mass is 79.9. The number of Topliss-reactive ketones (excluding diaryl/α,β-unsaturated/α-hetero) is 1. The zero-order valence-electron chi connectivity index (χ0n) is 18.9. The molecule has 0 saturated heterocycles. The van der Waals surface area contributed by atoms with Crippen molar-refractivity contribution in [3.8, 4) is 10.6 Å². The number of benzene rings is 2. The Kier molecular flexibility index (Phi) is 5.85. The van der Waals surface area contributed by atoms with Crippen molar-refractivity contribution in [2.24, 2.45) is 0 Å². The van der Waals surface area contributed by atoms with E-state index in [0.29, 0.717) is 9.84 Å². The summed E-state index contributed by atoms with van der Waals surface area (Å²) >= 11 is 7.16. The van der Waals surface area contributed by atoms with E-state index < -0.39 is 15.0 Å². The molecule has 0 radical (unpaired) electrons. The van der Waals surface area contributed by atoms with Crippen LogP contribution in [-0.2, 0) is 10.0 Å². The van der Waals surface area contributed by atoms with Gasteiger partial charge in [0.15, 0.2) is 0 Å². The number of imidazole rings is 1. The van der Waals surface area contributed by atoms with Crippen LogP contribution in [0.2, 0.25) is 0 Å². The minimum absolute atomic E-state index is 0.157. The van der Waals surface area contributed by atoms with Gasteiger partial charge in [-0.3, -0.25) is 4.79 Å². The lowest BCUT2D eigenvalue weighted by molar-refractivity contribution is 0.0991. The third kappa shape index (κ3) is 3.83. The van der Waals surface area contributed by atoms with Gasteiger partial charge in [0.1, 0.15) is 10.6 Å². The molecule has 4 aromatic heterocycles. The highest BCUT2D eigenvalue weighted by molar-refractivity contribution is 9.10. The maximum atomic E-state index is 13.2. The third-order valence-corrected chi connectivity index (χ3v) is 12.2. The smallest absolute Gasteiger partial charge is 0.271 e. The van der Waals surface area contributed by atoms with Crippen molar-refractivity contribution in [1.29, 1.82) is 0 Å². The van der Waals surface area contributed by atoms with E-state index in [-0.39, 0.29) is 10.1 Å². The minimum Gasteiger partial charge on any atom is -0.290 e. The first-order valence-corrected chi connectivity index (χ1v) is 15.6. The number of carbonyl (C=O) groups excluding carboxylic acids is 1. The van der Waals surface area contributed by atoms with Gasteiger partial charge in [0, 0.05) is 9.40 Å². The molecule has 1 unspecified atom stereocenters. The molecule has 0 spiro atoms. The van der Waals surface area contributed by atoms with E-state index in [4.69, 9.17) is 0 Å². The van der Waals surface area contributed by atoms with Crippen molar-refractivity contribution >= 4 is 90.9 Å². The Labute approximate surface area is 226 Å². The van der Waals surface area contributed by atoms with Gasteiger partial charge >= 0.3 is 0 Å². The summed E-state index contributed by atoms with van der Waals surface area (Å²) in [5, 5.41) is 6.50. The summed E-state index contributed by atoms with van der Waals surface area (Å²) in [4.78, 5) is 18.4. The van der Waals surface area contributed by atoms with Crippen LogP contribution in [0.25, 0.3) is 35.7 Å². The van der Waals surface area contributed by atoms with Gasteiger partial charge in [-0.1, -0.05) is 63.7 Å². The Morgan fingerprint density at radius 1 is 0.972 bits per heavy atom. The van der Waals surface area contributed by atoms with E-state index in [2.05, 4.69) is 42.9 Å². The second-order valence-corrected chi connectivity index (χ2v) is 14.0. The molecule has 0 amide bonds. The molecule has 1 atom stereocenters. The molecule has 36 heavy (non-hydrogen) atoms. The summed E-state index contributed by atoms with van der Waals surface area (Å²) in [6, 6.07) is 15.8. The van der Waals surface area contributed by atoms with Crippen molar-refractivity contribution < 1.29 is 13.2 Å². The fourth-order valence-electron chi connectivity index (χ4n) is 4.12. The van der Waals surface area contributed by atoms with Crippen LogP contribution in [0.3, 0.4) is 0 Å². The van der Waals surface area contributed by atoms with Crippen LogP contribution >= 0.6 is 49.9 Å². The molecule has 7 nitrogen and oxygen atoms in total. The predicted molar refractivity (Wildman–Crippen MR) is 150 cm³/mol. The zero-order chi connectivity index (χ0) is 25.2. The molecule has 1 N–H and O–H groups in total. The van der Waals surface area contributed by atoms with E-state index in [0.717, 1.165) is 53.2 Å². The number of carbonyl (C=O) groups is 1. The van der Waals surface area contributed by atoms with E-state index in [1.165, 1.54) is 11.3 Å². The lowest BCUT2D eigenvalue weighted by atomic mass is 10.1. The van der Waals surface area contributed by atoms with E-state index in [9.17, 15) is 13.2 Å². The molecule has 0 fully saturated rings. The average Bonchev–Trinajstić information content (AvgIpc) is 3.61. The number of halogens is 1. The summed E-state index contributed by atoms with van der Waals surface area (Å²) < 4.78 is 32.3. The lowest BCUT2D eigenvalue weighted by Gasteiger charge is -2.10. The van der Waals surface area contributed by atoms with Crippen LogP contribution in [0.4, 0.5) is 0 Å². The van der Waals surface area contributed by atoms with Crippen LogP contribution < -0.4 is 4.72 Å².